The summed E-state index contributed by atoms with van der Waals surface area (Å²) < 4.78 is 4.94. The topological polar surface area (TPSA) is 38.3 Å². The number of carbonyl (C=O) groups is 1. The Morgan fingerprint density at radius 3 is 2.70 bits per heavy atom. The third-order valence-corrected chi connectivity index (χ3v) is 3.80. The Morgan fingerprint density at radius 2 is 2.10 bits per heavy atom. The van der Waals surface area contributed by atoms with Gasteiger partial charge in [0.1, 0.15) is 0 Å². The van der Waals surface area contributed by atoms with Gasteiger partial charge in [0.25, 0.3) is 0 Å². The van der Waals surface area contributed by atoms with Gasteiger partial charge in [-0.05, 0) is 45.4 Å². The first-order valence-electron chi connectivity index (χ1n) is 6.63. The standard InChI is InChI=1S/C15H22ClNO2S/c1-5-19-14(18)10-20-13-8-12(16)7-6-11(13)9-17-15(2,3)4/h6-8,17H,5,9-10H2,1-4H3. The maximum Gasteiger partial charge on any atom is 0.316 e. The highest BCUT2D eigenvalue weighted by molar-refractivity contribution is 8.00. The van der Waals surface area contributed by atoms with Crippen molar-refractivity contribution in [2.75, 3.05) is 12.4 Å². The number of halogens is 1. The molecule has 112 valence electrons. The molecule has 0 amide bonds. The third kappa shape index (κ3) is 6.64. The van der Waals surface area contributed by atoms with E-state index in [4.69, 9.17) is 16.3 Å². The quantitative estimate of drug-likeness (QED) is 0.638. The zero-order valence-electron chi connectivity index (χ0n) is 12.5. The van der Waals surface area contributed by atoms with Crippen LogP contribution in [0.1, 0.15) is 33.3 Å². The van der Waals surface area contributed by atoms with Crippen LogP contribution in [0.4, 0.5) is 0 Å². The molecule has 1 N–H and O–H groups in total. The number of benzene rings is 1. The molecule has 0 heterocycles. The van der Waals surface area contributed by atoms with Crippen LogP contribution >= 0.6 is 23.4 Å². The molecular formula is C15H22ClNO2S. The van der Waals surface area contributed by atoms with Crippen LogP contribution in [0, 0.1) is 0 Å². The second-order valence-corrected chi connectivity index (χ2v) is 6.90. The number of hydrogen-bond acceptors (Lipinski definition) is 4. The SMILES string of the molecule is CCOC(=O)CSc1cc(Cl)ccc1CNC(C)(C)C. The Kier molecular flexibility index (Phi) is 6.86. The molecule has 0 aromatic heterocycles. The predicted molar refractivity (Wildman–Crippen MR) is 85.4 cm³/mol. The highest BCUT2D eigenvalue weighted by Gasteiger charge is 2.12. The summed E-state index contributed by atoms with van der Waals surface area (Å²) in [4.78, 5) is 12.5. The molecule has 1 aromatic rings. The van der Waals surface area contributed by atoms with Crippen LogP contribution in [0.25, 0.3) is 0 Å². The average Bonchev–Trinajstić information content (AvgIpc) is 2.34. The summed E-state index contributed by atoms with van der Waals surface area (Å²) >= 11 is 7.49. The molecule has 3 nitrogen and oxygen atoms in total. The van der Waals surface area contributed by atoms with Crippen molar-refractivity contribution in [2.45, 2.75) is 44.7 Å². The van der Waals surface area contributed by atoms with Gasteiger partial charge in [0.05, 0.1) is 12.4 Å². The molecule has 0 unspecified atom stereocenters. The monoisotopic (exact) mass is 315 g/mol. The molecule has 0 aliphatic carbocycles. The number of thioether (sulfide) groups is 1. The fraction of sp³-hybridized carbons (Fsp3) is 0.533. The van der Waals surface area contributed by atoms with Gasteiger partial charge in [-0.2, -0.15) is 0 Å². The van der Waals surface area contributed by atoms with Gasteiger partial charge in [-0.15, -0.1) is 11.8 Å². The molecule has 0 fully saturated rings. The third-order valence-electron chi connectivity index (χ3n) is 2.49. The summed E-state index contributed by atoms with van der Waals surface area (Å²) in [5, 5.41) is 4.11. The summed E-state index contributed by atoms with van der Waals surface area (Å²) in [6.07, 6.45) is 0. The van der Waals surface area contributed by atoms with Crippen LogP contribution in [0.2, 0.25) is 5.02 Å². The van der Waals surface area contributed by atoms with Crippen molar-refractivity contribution >= 4 is 29.3 Å². The second kappa shape index (κ2) is 7.91. The molecule has 1 aromatic carbocycles. The number of rotatable bonds is 6. The zero-order chi connectivity index (χ0) is 15.2. The lowest BCUT2D eigenvalue weighted by Gasteiger charge is -2.21. The van der Waals surface area contributed by atoms with E-state index >= 15 is 0 Å². The van der Waals surface area contributed by atoms with Gasteiger partial charge in [-0.3, -0.25) is 4.79 Å². The van der Waals surface area contributed by atoms with E-state index in [2.05, 4.69) is 26.1 Å². The first kappa shape index (κ1) is 17.3. The molecule has 5 heteroatoms. The van der Waals surface area contributed by atoms with Crippen molar-refractivity contribution in [3.8, 4) is 0 Å². The molecule has 0 bridgehead atoms. The minimum atomic E-state index is -0.202. The van der Waals surface area contributed by atoms with E-state index in [0.29, 0.717) is 17.4 Å². The Bertz CT molecular complexity index is 458. The maximum atomic E-state index is 11.4. The van der Waals surface area contributed by atoms with E-state index in [9.17, 15) is 4.79 Å². The number of carbonyl (C=O) groups excluding carboxylic acids is 1. The Labute approximate surface area is 130 Å². The van der Waals surface area contributed by atoms with Crippen molar-refractivity contribution in [3.05, 3.63) is 28.8 Å². The molecule has 0 radical (unpaired) electrons. The molecular weight excluding hydrogens is 294 g/mol. The zero-order valence-corrected chi connectivity index (χ0v) is 14.0. The van der Waals surface area contributed by atoms with Crippen molar-refractivity contribution in [1.82, 2.24) is 5.32 Å². The molecule has 1 rings (SSSR count). The average molecular weight is 316 g/mol. The lowest BCUT2D eigenvalue weighted by molar-refractivity contribution is -0.139. The van der Waals surface area contributed by atoms with Crippen molar-refractivity contribution in [2.24, 2.45) is 0 Å². The molecule has 0 spiro atoms. The summed E-state index contributed by atoms with van der Waals surface area (Å²) in [5.41, 5.74) is 1.18. The molecule has 20 heavy (non-hydrogen) atoms. The van der Waals surface area contributed by atoms with Crippen LogP contribution in [-0.2, 0) is 16.1 Å². The van der Waals surface area contributed by atoms with Gasteiger partial charge in [-0.1, -0.05) is 17.7 Å². The van der Waals surface area contributed by atoms with E-state index in [1.165, 1.54) is 11.8 Å². The fourth-order valence-electron chi connectivity index (χ4n) is 1.51. The number of nitrogens with one attached hydrogen (secondary N) is 1. The van der Waals surface area contributed by atoms with Crippen LogP contribution in [0.3, 0.4) is 0 Å². The summed E-state index contributed by atoms with van der Waals surface area (Å²) in [5.74, 6) is 0.101. The number of hydrogen-bond donors (Lipinski definition) is 1. The summed E-state index contributed by atoms with van der Waals surface area (Å²) in [6, 6.07) is 5.76. The van der Waals surface area contributed by atoms with E-state index in [-0.39, 0.29) is 11.5 Å². The first-order chi connectivity index (χ1) is 9.31. The van der Waals surface area contributed by atoms with Crippen molar-refractivity contribution in [3.63, 3.8) is 0 Å². The van der Waals surface area contributed by atoms with E-state index in [0.717, 1.165) is 17.0 Å². The van der Waals surface area contributed by atoms with E-state index in [1.54, 1.807) is 6.92 Å². The van der Waals surface area contributed by atoms with Gasteiger partial charge in [0, 0.05) is 22.0 Å². The molecule has 0 atom stereocenters. The molecule has 0 aliphatic rings. The highest BCUT2D eigenvalue weighted by Crippen LogP contribution is 2.27. The van der Waals surface area contributed by atoms with Gasteiger partial charge in [0.2, 0.25) is 0 Å². The van der Waals surface area contributed by atoms with Crippen molar-refractivity contribution in [1.29, 1.82) is 0 Å². The first-order valence-corrected chi connectivity index (χ1v) is 8.00. The fourth-order valence-corrected chi connectivity index (χ4v) is 2.64. The molecule has 0 aliphatic heterocycles. The maximum absolute atomic E-state index is 11.4. The summed E-state index contributed by atoms with van der Waals surface area (Å²) in [6.45, 7) is 9.32. The smallest absolute Gasteiger partial charge is 0.316 e. The van der Waals surface area contributed by atoms with E-state index < -0.39 is 0 Å². The highest BCUT2D eigenvalue weighted by atomic mass is 35.5. The van der Waals surface area contributed by atoms with Crippen LogP contribution in [-0.4, -0.2) is 23.9 Å². The van der Waals surface area contributed by atoms with E-state index in [1.807, 2.05) is 18.2 Å². The van der Waals surface area contributed by atoms with Gasteiger partial charge in [0.15, 0.2) is 0 Å². The number of ether oxygens (including phenoxy) is 1. The lowest BCUT2D eigenvalue weighted by atomic mass is 10.1. The Morgan fingerprint density at radius 1 is 1.40 bits per heavy atom. The second-order valence-electron chi connectivity index (χ2n) is 5.45. The minimum absolute atomic E-state index is 0.0444. The lowest BCUT2D eigenvalue weighted by Crippen LogP contribution is -2.35. The van der Waals surface area contributed by atoms with Crippen molar-refractivity contribution < 1.29 is 9.53 Å². The van der Waals surface area contributed by atoms with Gasteiger partial charge < -0.3 is 10.1 Å². The Hall–Kier alpha value is -0.710. The molecule has 0 saturated heterocycles. The minimum Gasteiger partial charge on any atom is -0.465 e. The van der Waals surface area contributed by atoms with Crippen LogP contribution in [0.5, 0.6) is 0 Å². The predicted octanol–water partition coefficient (Wildman–Crippen LogP) is 3.88. The van der Waals surface area contributed by atoms with Crippen LogP contribution < -0.4 is 5.32 Å². The van der Waals surface area contributed by atoms with Crippen LogP contribution in [0.15, 0.2) is 23.1 Å². The molecule has 0 saturated carbocycles. The normalized spacial score (nSPS) is 11.4. The summed E-state index contributed by atoms with van der Waals surface area (Å²) in [7, 11) is 0. The number of esters is 1. The van der Waals surface area contributed by atoms with Gasteiger partial charge >= 0.3 is 5.97 Å². The Balaban J connectivity index is 2.72. The largest absolute Gasteiger partial charge is 0.465 e. The van der Waals surface area contributed by atoms with Gasteiger partial charge in [-0.25, -0.2) is 0 Å².